The summed E-state index contributed by atoms with van der Waals surface area (Å²) >= 11 is 0. The third-order valence-corrected chi connectivity index (χ3v) is 4.03. The van der Waals surface area contributed by atoms with Crippen LogP contribution in [0, 0.1) is 17.1 Å². The van der Waals surface area contributed by atoms with Crippen LogP contribution in [0.1, 0.15) is 17.0 Å². The van der Waals surface area contributed by atoms with Gasteiger partial charge in [-0.15, -0.1) is 0 Å². The van der Waals surface area contributed by atoms with Gasteiger partial charge in [-0.2, -0.15) is 5.26 Å². The van der Waals surface area contributed by atoms with E-state index in [9.17, 15) is 9.65 Å². The summed E-state index contributed by atoms with van der Waals surface area (Å²) in [6, 6.07) is 11.9. The quantitative estimate of drug-likeness (QED) is 0.725. The van der Waals surface area contributed by atoms with E-state index in [-0.39, 0.29) is 5.82 Å². The van der Waals surface area contributed by atoms with E-state index in [2.05, 4.69) is 16.0 Å². The largest absolute Gasteiger partial charge is 0.439 e. The van der Waals surface area contributed by atoms with Crippen LogP contribution in [0.25, 0.3) is 11.6 Å². The number of nitriles is 1. The monoisotopic (exact) mass is 320 g/mol. The summed E-state index contributed by atoms with van der Waals surface area (Å²) in [6.07, 6.45) is 2.34. The predicted octanol–water partition coefficient (Wildman–Crippen LogP) is 3.31. The molecule has 0 unspecified atom stereocenters. The fourth-order valence-corrected chi connectivity index (χ4v) is 2.86. The molecule has 1 aliphatic rings. The zero-order valence-corrected chi connectivity index (χ0v) is 12.7. The van der Waals surface area contributed by atoms with E-state index in [0.29, 0.717) is 42.3 Å². The molecule has 0 saturated carbocycles. The van der Waals surface area contributed by atoms with Gasteiger partial charge in [-0.05, 0) is 30.3 Å². The first-order chi connectivity index (χ1) is 11.7. The number of pyridine rings is 1. The molecule has 0 atom stereocenters. The second kappa shape index (κ2) is 5.78. The van der Waals surface area contributed by atoms with Crippen LogP contribution in [0.4, 0.5) is 10.1 Å². The van der Waals surface area contributed by atoms with Gasteiger partial charge in [0.15, 0.2) is 0 Å². The summed E-state index contributed by atoms with van der Waals surface area (Å²) in [5, 5.41) is 9.25. The van der Waals surface area contributed by atoms with Gasteiger partial charge < -0.3 is 9.32 Å². The maximum Gasteiger partial charge on any atom is 0.245 e. The molecule has 5 nitrogen and oxygen atoms in total. The number of nitrogens with zero attached hydrogens (tertiary/aromatic N) is 4. The summed E-state index contributed by atoms with van der Waals surface area (Å²) < 4.78 is 19.4. The lowest BCUT2D eigenvalue weighted by atomic mass is 10.1. The summed E-state index contributed by atoms with van der Waals surface area (Å²) in [5.74, 6) is 0.952. The lowest BCUT2D eigenvalue weighted by Gasteiger charge is -2.28. The first-order valence-electron chi connectivity index (χ1n) is 7.59. The lowest BCUT2D eigenvalue weighted by molar-refractivity contribution is 0.498. The van der Waals surface area contributed by atoms with Crippen LogP contribution in [0.5, 0.6) is 0 Å². The number of anilines is 1. The maximum atomic E-state index is 13.6. The van der Waals surface area contributed by atoms with Crippen molar-refractivity contribution >= 4 is 5.69 Å². The molecule has 118 valence electrons. The van der Waals surface area contributed by atoms with E-state index in [1.165, 1.54) is 18.2 Å². The average molecular weight is 320 g/mol. The fourth-order valence-electron chi connectivity index (χ4n) is 2.86. The van der Waals surface area contributed by atoms with E-state index in [1.807, 2.05) is 23.1 Å². The molecule has 1 aromatic carbocycles. The summed E-state index contributed by atoms with van der Waals surface area (Å²) in [7, 11) is 0. The van der Waals surface area contributed by atoms with E-state index in [0.717, 1.165) is 11.5 Å². The van der Waals surface area contributed by atoms with Crippen LogP contribution in [-0.2, 0) is 13.0 Å². The van der Waals surface area contributed by atoms with E-state index < -0.39 is 0 Å². The number of halogens is 1. The Morgan fingerprint density at radius 1 is 1.25 bits per heavy atom. The maximum absolute atomic E-state index is 13.6. The number of hydrogen-bond donors (Lipinski definition) is 0. The fraction of sp³-hybridized carbons (Fsp3) is 0.167. The standard InChI is InChI=1S/C18H13FN4O/c19-13-5-4-12(10-20)16(9-13)23-8-6-17-15(11-23)22-18(24-17)14-3-1-2-7-21-14/h1-5,7,9H,6,8,11H2. The first-order valence-corrected chi connectivity index (χ1v) is 7.59. The minimum Gasteiger partial charge on any atom is -0.439 e. The van der Waals surface area contributed by atoms with Crippen LogP contribution in [0.15, 0.2) is 47.0 Å². The van der Waals surface area contributed by atoms with E-state index in [1.54, 1.807) is 6.20 Å². The molecule has 0 spiro atoms. The highest BCUT2D eigenvalue weighted by Crippen LogP contribution is 2.30. The molecule has 0 amide bonds. The SMILES string of the molecule is N#Cc1ccc(F)cc1N1CCc2oc(-c3ccccn3)nc2C1. The van der Waals surface area contributed by atoms with E-state index in [4.69, 9.17) is 4.42 Å². The van der Waals surface area contributed by atoms with Gasteiger partial charge in [-0.25, -0.2) is 9.37 Å². The molecule has 6 heteroatoms. The average Bonchev–Trinajstić information content (AvgIpc) is 3.05. The third-order valence-electron chi connectivity index (χ3n) is 4.03. The van der Waals surface area contributed by atoms with Gasteiger partial charge in [0.25, 0.3) is 0 Å². The van der Waals surface area contributed by atoms with Crippen LogP contribution in [0.2, 0.25) is 0 Å². The number of fused-ring (bicyclic) bond motifs is 1. The Labute approximate surface area is 138 Å². The van der Waals surface area contributed by atoms with Crippen molar-refractivity contribution in [3.63, 3.8) is 0 Å². The number of oxazole rings is 1. The topological polar surface area (TPSA) is 66.0 Å². The molecule has 3 aromatic rings. The van der Waals surface area contributed by atoms with Gasteiger partial charge in [0.2, 0.25) is 5.89 Å². The number of hydrogen-bond acceptors (Lipinski definition) is 5. The number of rotatable bonds is 2. The Morgan fingerprint density at radius 2 is 2.17 bits per heavy atom. The molecule has 0 aliphatic carbocycles. The predicted molar refractivity (Wildman–Crippen MR) is 85.6 cm³/mol. The Morgan fingerprint density at radius 3 is 2.96 bits per heavy atom. The van der Waals surface area contributed by atoms with Gasteiger partial charge in [0.1, 0.15) is 29.0 Å². The van der Waals surface area contributed by atoms with Crippen molar-refractivity contribution < 1.29 is 8.81 Å². The number of benzene rings is 1. The van der Waals surface area contributed by atoms with Crippen molar-refractivity contribution in [3.05, 3.63) is 65.4 Å². The highest BCUT2D eigenvalue weighted by Gasteiger charge is 2.25. The van der Waals surface area contributed by atoms with Crippen molar-refractivity contribution in [1.29, 1.82) is 5.26 Å². The van der Waals surface area contributed by atoms with Crippen molar-refractivity contribution in [2.75, 3.05) is 11.4 Å². The van der Waals surface area contributed by atoms with Gasteiger partial charge in [-0.1, -0.05) is 6.07 Å². The molecule has 0 radical (unpaired) electrons. The van der Waals surface area contributed by atoms with Crippen molar-refractivity contribution in [2.45, 2.75) is 13.0 Å². The minimum absolute atomic E-state index is 0.357. The zero-order valence-electron chi connectivity index (χ0n) is 12.7. The molecule has 0 saturated heterocycles. The second-order valence-corrected chi connectivity index (χ2v) is 5.55. The Kier molecular flexibility index (Phi) is 3.47. The normalized spacial score (nSPS) is 13.4. The van der Waals surface area contributed by atoms with Gasteiger partial charge in [0.05, 0.1) is 17.8 Å². The molecular formula is C18H13FN4O. The molecule has 24 heavy (non-hydrogen) atoms. The van der Waals surface area contributed by atoms with Crippen LogP contribution in [-0.4, -0.2) is 16.5 Å². The van der Waals surface area contributed by atoms with Gasteiger partial charge in [0, 0.05) is 19.2 Å². The van der Waals surface area contributed by atoms with Crippen molar-refractivity contribution in [1.82, 2.24) is 9.97 Å². The molecular weight excluding hydrogens is 307 g/mol. The third kappa shape index (κ3) is 2.50. The Hall–Kier alpha value is -3.20. The summed E-state index contributed by atoms with van der Waals surface area (Å²) in [5.41, 5.74) is 2.52. The first kappa shape index (κ1) is 14.4. The van der Waals surface area contributed by atoms with Gasteiger partial charge in [-0.3, -0.25) is 4.98 Å². The number of aromatic nitrogens is 2. The van der Waals surface area contributed by atoms with Crippen LogP contribution >= 0.6 is 0 Å². The second-order valence-electron chi connectivity index (χ2n) is 5.55. The molecule has 0 fully saturated rings. The molecule has 2 aromatic heterocycles. The summed E-state index contributed by atoms with van der Waals surface area (Å²) in [4.78, 5) is 10.7. The highest BCUT2D eigenvalue weighted by atomic mass is 19.1. The highest BCUT2D eigenvalue weighted by molar-refractivity contribution is 5.60. The van der Waals surface area contributed by atoms with Gasteiger partial charge >= 0.3 is 0 Å². The van der Waals surface area contributed by atoms with E-state index >= 15 is 0 Å². The molecule has 0 N–H and O–H groups in total. The van der Waals surface area contributed by atoms with Crippen LogP contribution < -0.4 is 4.90 Å². The molecule has 0 bridgehead atoms. The van der Waals surface area contributed by atoms with Crippen LogP contribution in [0.3, 0.4) is 0 Å². The zero-order chi connectivity index (χ0) is 16.5. The Bertz CT molecular complexity index is 930. The lowest BCUT2D eigenvalue weighted by Crippen LogP contribution is -2.30. The molecule has 3 heterocycles. The minimum atomic E-state index is -0.357. The molecule has 1 aliphatic heterocycles. The smallest absolute Gasteiger partial charge is 0.245 e. The van der Waals surface area contributed by atoms with Crippen molar-refractivity contribution in [3.8, 4) is 17.7 Å². The van der Waals surface area contributed by atoms with Crippen molar-refractivity contribution in [2.24, 2.45) is 0 Å². The summed E-state index contributed by atoms with van der Waals surface area (Å²) in [6.45, 7) is 1.12. The Balaban J connectivity index is 1.67. The molecule has 4 rings (SSSR count).